The maximum Gasteiger partial charge on any atom is 0.336 e. The molecule has 0 unspecified atom stereocenters. The summed E-state index contributed by atoms with van der Waals surface area (Å²) in [6.07, 6.45) is 1.74. The van der Waals surface area contributed by atoms with Crippen molar-refractivity contribution in [2.45, 2.75) is 30.7 Å². The topological polar surface area (TPSA) is 74.7 Å². The van der Waals surface area contributed by atoms with Gasteiger partial charge in [0.1, 0.15) is 0 Å². The van der Waals surface area contributed by atoms with Crippen LogP contribution in [0, 0.1) is 0 Å². The van der Waals surface area contributed by atoms with Crippen LogP contribution < -0.4 is 0 Å². The molecule has 0 amide bonds. The van der Waals surface area contributed by atoms with E-state index in [4.69, 9.17) is 5.11 Å². The molecule has 104 valence electrons. The average Bonchev–Trinajstić information content (AvgIpc) is 3.14. The third-order valence-corrected chi connectivity index (χ3v) is 5.76. The van der Waals surface area contributed by atoms with Crippen LogP contribution in [0.1, 0.15) is 30.1 Å². The first-order chi connectivity index (χ1) is 8.87. The first-order valence-corrected chi connectivity index (χ1v) is 8.16. The molecular formula is C12H14BrNO4S. The zero-order valence-corrected chi connectivity index (χ0v) is 12.7. The highest BCUT2D eigenvalue weighted by atomic mass is 79.9. The van der Waals surface area contributed by atoms with Crippen molar-refractivity contribution in [2.75, 3.05) is 6.54 Å². The molecule has 1 fully saturated rings. The van der Waals surface area contributed by atoms with Gasteiger partial charge in [-0.2, -0.15) is 4.31 Å². The Kier molecular flexibility index (Phi) is 3.98. The molecule has 1 aliphatic carbocycles. The monoisotopic (exact) mass is 347 g/mol. The molecule has 0 atom stereocenters. The number of rotatable bonds is 5. The van der Waals surface area contributed by atoms with Crippen molar-refractivity contribution in [3.63, 3.8) is 0 Å². The molecule has 1 aromatic carbocycles. The van der Waals surface area contributed by atoms with E-state index in [-0.39, 0.29) is 16.5 Å². The highest BCUT2D eigenvalue weighted by Gasteiger charge is 2.37. The Balaban J connectivity index is 2.45. The Labute approximate surface area is 120 Å². The largest absolute Gasteiger partial charge is 0.478 e. The molecule has 0 spiro atoms. The molecule has 1 N–H and O–H groups in total. The lowest BCUT2D eigenvalue weighted by Crippen LogP contribution is -2.33. The maximum absolute atomic E-state index is 12.4. The second kappa shape index (κ2) is 5.22. The maximum atomic E-state index is 12.4. The summed E-state index contributed by atoms with van der Waals surface area (Å²) < 4.78 is 26.7. The lowest BCUT2D eigenvalue weighted by Gasteiger charge is -2.20. The van der Waals surface area contributed by atoms with Crippen LogP contribution >= 0.6 is 15.9 Å². The highest BCUT2D eigenvalue weighted by molar-refractivity contribution is 9.10. The second-order valence-electron chi connectivity index (χ2n) is 4.39. The van der Waals surface area contributed by atoms with E-state index < -0.39 is 16.0 Å². The zero-order valence-electron chi connectivity index (χ0n) is 10.3. The van der Waals surface area contributed by atoms with Gasteiger partial charge >= 0.3 is 5.97 Å². The van der Waals surface area contributed by atoms with Crippen LogP contribution in [0.25, 0.3) is 0 Å². The molecular weight excluding hydrogens is 334 g/mol. The fourth-order valence-electron chi connectivity index (χ4n) is 1.95. The van der Waals surface area contributed by atoms with Crippen LogP contribution in [0.4, 0.5) is 0 Å². The number of nitrogens with zero attached hydrogens (tertiary/aromatic N) is 1. The Bertz CT molecular complexity index is 610. The van der Waals surface area contributed by atoms with E-state index in [1.165, 1.54) is 22.5 Å². The molecule has 0 radical (unpaired) electrons. The number of carboxylic acids is 1. The minimum atomic E-state index is -3.61. The molecule has 0 saturated heterocycles. The smallest absolute Gasteiger partial charge is 0.336 e. The fraction of sp³-hybridized carbons (Fsp3) is 0.417. The minimum absolute atomic E-state index is 0.0295. The summed E-state index contributed by atoms with van der Waals surface area (Å²) in [5.41, 5.74) is -0.0482. The number of hydrogen-bond donors (Lipinski definition) is 1. The lowest BCUT2D eigenvalue weighted by molar-refractivity contribution is 0.0695. The number of halogens is 1. The Morgan fingerprint density at radius 2 is 2.11 bits per heavy atom. The third-order valence-electron chi connectivity index (χ3n) is 3.04. The highest BCUT2D eigenvalue weighted by Crippen LogP contribution is 2.32. The lowest BCUT2D eigenvalue weighted by atomic mass is 10.2. The van der Waals surface area contributed by atoms with Gasteiger partial charge in [0.25, 0.3) is 0 Å². The van der Waals surface area contributed by atoms with Crippen molar-refractivity contribution in [3.8, 4) is 0 Å². The van der Waals surface area contributed by atoms with E-state index in [1.807, 2.05) is 0 Å². The predicted molar refractivity (Wildman–Crippen MR) is 73.7 cm³/mol. The molecule has 19 heavy (non-hydrogen) atoms. The van der Waals surface area contributed by atoms with E-state index in [2.05, 4.69) is 15.9 Å². The minimum Gasteiger partial charge on any atom is -0.478 e. The van der Waals surface area contributed by atoms with Gasteiger partial charge in [0.05, 0.1) is 10.5 Å². The molecule has 0 bridgehead atoms. The van der Waals surface area contributed by atoms with E-state index in [9.17, 15) is 13.2 Å². The van der Waals surface area contributed by atoms with Gasteiger partial charge in [-0.15, -0.1) is 0 Å². The van der Waals surface area contributed by atoms with E-state index >= 15 is 0 Å². The van der Waals surface area contributed by atoms with Crippen molar-refractivity contribution in [3.05, 3.63) is 28.2 Å². The van der Waals surface area contributed by atoms with Crippen LogP contribution in [0.3, 0.4) is 0 Å². The van der Waals surface area contributed by atoms with Gasteiger partial charge in [-0.25, -0.2) is 13.2 Å². The van der Waals surface area contributed by atoms with Gasteiger partial charge in [0, 0.05) is 17.1 Å². The van der Waals surface area contributed by atoms with Crippen LogP contribution in [0.2, 0.25) is 0 Å². The third kappa shape index (κ3) is 2.82. The van der Waals surface area contributed by atoms with Gasteiger partial charge in [-0.05, 0) is 47.0 Å². The number of benzene rings is 1. The standard InChI is InChI=1S/C12H14BrNO4S/c1-2-14(8-3-4-8)19(17,18)9-5-6-11(13)10(7-9)12(15)16/h5-8H,2-4H2,1H3,(H,15,16). The average molecular weight is 348 g/mol. The Morgan fingerprint density at radius 1 is 1.47 bits per heavy atom. The summed E-state index contributed by atoms with van der Waals surface area (Å²) in [6.45, 7) is 2.18. The van der Waals surface area contributed by atoms with Crippen LogP contribution in [0.5, 0.6) is 0 Å². The first-order valence-electron chi connectivity index (χ1n) is 5.92. The summed E-state index contributed by atoms with van der Waals surface area (Å²) in [7, 11) is -3.61. The summed E-state index contributed by atoms with van der Waals surface area (Å²) in [6, 6.07) is 4.15. The van der Waals surface area contributed by atoms with Crippen molar-refractivity contribution >= 4 is 31.9 Å². The van der Waals surface area contributed by atoms with Crippen LogP contribution in [-0.4, -0.2) is 36.4 Å². The van der Waals surface area contributed by atoms with Crippen LogP contribution in [-0.2, 0) is 10.0 Å². The summed E-state index contributed by atoms with van der Waals surface area (Å²) >= 11 is 3.10. The number of aromatic carboxylic acids is 1. The molecule has 0 aromatic heterocycles. The van der Waals surface area contributed by atoms with Crippen molar-refractivity contribution in [2.24, 2.45) is 0 Å². The fourth-order valence-corrected chi connectivity index (χ4v) is 4.09. The van der Waals surface area contributed by atoms with Gasteiger partial charge in [-0.3, -0.25) is 0 Å². The quantitative estimate of drug-likeness (QED) is 0.886. The molecule has 5 nitrogen and oxygen atoms in total. The van der Waals surface area contributed by atoms with Gasteiger partial charge in [0.2, 0.25) is 10.0 Å². The van der Waals surface area contributed by atoms with Crippen molar-refractivity contribution in [1.82, 2.24) is 4.31 Å². The number of hydrogen-bond acceptors (Lipinski definition) is 3. The molecule has 2 rings (SSSR count). The summed E-state index contributed by atoms with van der Waals surface area (Å²) in [5, 5.41) is 9.03. The normalized spacial score (nSPS) is 15.7. The Morgan fingerprint density at radius 3 is 2.58 bits per heavy atom. The zero-order chi connectivity index (χ0) is 14.2. The van der Waals surface area contributed by atoms with Crippen LogP contribution in [0.15, 0.2) is 27.6 Å². The number of sulfonamides is 1. The number of carbonyl (C=O) groups is 1. The molecule has 1 saturated carbocycles. The molecule has 7 heteroatoms. The summed E-state index contributed by atoms with van der Waals surface area (Å²) in [4.78, 5) is 11.1. The molecule has 0 heterocycles. The van der Waals surface area contributed by atoms with E-state index in [0.29, 0.717) is 11.0 Å². The SMILES string of the molecule is CCN(C1CC1)S(=O)(=O)c1ccc(Br)c(C(=O)O)c1. The second-order valence-corrected chi connectivity index (χ2v) is 7.13. The van der Waals surface area contributed by atoms with Crippen molar-refractivity contribution in [1.29, 1.82) is 0 Å². The predicted octanol–water partition coefficient (Wildman–Crippen LogP) is 2.32. The van der Waals surface area contributed by atoms with Crippen molar-refractivity contribution < 1.29 is 18.3 Å². The van der Waals surface area contributed by atoms with E-state index in [0.717, 1.165) is 12.8 Å². The van der Waals surface area contributed by atoms with Gasteiger partial charge in [0.15, 0.2) is 0 Å². The Hall–Kier alpha value is -0.920. The van der Waals surface area contributed by atoms with Gasteiger partial charge < -0.3 is 5.11 Å². The number of carboxylic acid groups (broad SMARTS) is 1. The molecule has 0 aliphatic heterocycles. The van der Waals surface area contributed by atoms with Gasteiger partial charge in [-0.1, -0.05) is 6.92 Å². The van der Waals surface area contributed by atoms with E-state index in [1.54, 1.807) is 6.92 Å². The first kappa shape index (κ1) is 14.5. The molecule has 1 aliphatic rings. The summed E-state index contributed by atoms with van der Waals surface area (Å²) in [5.74, 6) is -1.15. The molecule has 1 aromatic rings.